The SMILES string of the molecule is COCC(=O)Cl.O=C(Cl)C(Br)C(Br)c1ccccc1. The van der Waals surface area contributed by atoms with Crippen LogP contribution in [0.25, 0.3) is 0 Å². The summed E-state index contributed by atoms with van der Waals surface area (Å²) >= 11 is 16.8. The highest BCUT2D eigenvalue weighted by molar-refractivity contribution is 9.12. The second-order valence-corrected chi connectivity index (χ2v) is 6.07. The van der Waals surface area contributed by atoms with Gasteiger partial charge in [-0.05, 0) is 28.8 Å². The number of rotatable bonds is 5. The van der Waals surface area contributed by atoms with E-state index in [0.29, 0.717) is 0 Å². The number of hydrogen-bond donors (Lipinski definition) is 0. The lowest BCUT2D eigenvalue weighted by Gasteiger charge is -2.12. The Labute approximate surface area is 138 Å². The van der Waals surface area contributed by atoms with Crippen molar-refractivity contribution in [1.29, 1.82) is 0 Å². The molecule has 0 saturated carbocycles. The Balaban J connectivity index is 0.000000459. The Morgan fingerprint density at radius 3 is 2.05 bits per heavy atom. The highest BCUT2D eigenvalue weighted by Crippen LogP contribution is 2.32. The number of ether oxygens (including phenoxy) is 1. The van der Waals surface area contributed by atoms with Crippen molar-refractivity contribution in [3.8, 4) is 0 Å². The second-order valence-electron chi connectivity index (χ2n) is 3.31. The lowest BCUT2D eigenvalue weighted by atomic mass is 10.1. The molecule has 0 aliphatic rings. The minimum absolute atomic E-state index is 0.00154. The smallest absolute Gasteiger partial charge is 0.247 e. The molecule has 0 spiro atoms. The largest absolute Gasteiger partial charge is 0.376 e. The molecule has 7 heteroatoms. The fraction of sp³-hybridized carbons (Fsp3) is 0.333. The van der Waals surface area contributed by atoms with Crippen molar-refractivity contribution < 1.29 is 14.3 Å². The molecule has 0 fully saturated rings. The predicted molar refractivity (Wildman–Crippen MR) is 84.4 cm³/mol. The van der Waals surface area contributed by atoms with Crippen molar-refractivity contribution in [1.82, 2.24) is 0 Å². The first-order valence-corrected chi connectivity index (χ1v) is 7.68. The summed E-state index contributed by atoms with van der Waals surface area (Å²) in [4.78, 5) is 20.1. The molecule has 1 rings (SSSR count). The molecule has 2 unspecified atom stereocenters. The number of carbonyl (C=O) groups is 2. The van der Waals surface area contributed by atoms with E-state index in [0.717, 1.165) is 5.56 Å². The molecule has 0 aliphatic carbocycles. The van der Waals surface area contributed by atoms with Crippen molar-refractivity contribution in [3.63, 3.8) is 0 Å². The number of benzene rings is 1. The van der Waals surface area contributed by atoms with Gasteiger partial charge in [-0.25, -0.2) is 0 Å². The van der Waals surface area contributed by atoms with Gasteiger partial charge in [0.25, 0.3) is 0 Å². The molecular formula is C12H12Br2Cl2O3. The fourth-order valence-corrected chi connectivity index (χ4v) is 2.27. The van der Waals surface area contributed by atoms with E-state index < -0.39 is 15.3 Å². The second kappa shape index (κ2) is 10.8. The van der Waals surface area contributed by atoms with Crippen molar-refractivity contribution in [3.05, 3.63) is 35.9 Å². The summed E-state index contributed by atoms with van der Waals surface area (Å²) in [6, 6.07) is 9.64. The van der Waals surface area contributed by atoms with Crippen molar-refractivity contribution in [2.45, 2.75) is 9.65 Å². The molecule has 0 N–H and O–H groups in total. The minimum Gasteiger partial charge on any atom is -0.376 e. The maximum Gasteiger partial charge on any atom is 0.247 e. The molecule has 3 nitrogen and oxygen atoms in total. The summed E-state index contributed by atoms with van der Waals surface area (Å²) < 4.78 is 4.32. The Morgan fingerprint density at radius 1 is 1.21 bits per heavy atom. The molecule has 1 aromatic rings. The van der Waals surface area contributed by atoms with Crippen LogP contribution in [0.15, 0.2) is 30.3 Å². The third kappa shape index (κ3) is 8.76. The molecule has 0 aromatic heterocycles. The van der Waals surface area contributed by atoms with Gasteiger partial charge in [0.2, 0.25) is 10.5 Å². The number of alkyl halides is 2. The molecular weight excluding hydrogens is 423 g/mol. The Kier molecular flexibility index (Phi) is 10.8. The summed E-state index contributed by atoms with van der Waals surface area (Å²) in [5, 5.41) is -0.858. The molecule has 2 atom stereocenters. The average Bonchev–Trinajstić information content (AvgIpc) is 2.38. The van der Waals surface area contributed by atoms with Gasteiger partial charge in [-0.2, -0.15) is 0 Å². The molecule has 0 aliphatic heterocycles. The van der Waals surface area contributed by atoms with Gasteiger partial charge >= 0.3 is 0 Å². The predicted octanol–water partition coefficient (Wildman–Crippen LogP) is 4.05. The van der Waals surface area contributed by atoms with Crippen molar-refractivity contribution >= 4 is 65.5 Å². The van der Waals surface area contributed by atoms with E-state index in [4.69, 9.17) is 23.2 Å². The maximum atomic E-state index is 10.8. The van der Waals surface area contributed by atoms with Gasteiger partial charge in [0.1, 0.15) is 11.4 Å². The van der Waals surface area contributed by atoms with Crippen LogP contribution in [0.4, 0.5) is 0 Å². The lowest BCUT2D eigenvalue weighted by molar-refractivity contribution is -0.115. The summed E-state index contributed by atoms with van der Waals surface area (Å²) in [6.45, 7) is 0.00154. The molecule has 0 amide bonds. The number of halogens is 4. The van der Waals surface area contributed by atoms with E-state index in [1.807, 2.05) is 30.3 Å². The average molecular weight is 435 g/mol. The first kappa shape index (κ1) is 19.1. The summed E-state index contributed by atoms with van der Waals surface area (Å²) in [7, 11) is 1.42. The molecule has 1 aromatic carbocycles. The quantitative estimate of drug-likeness (QED) is 0.518. The number of carbonyl (C=O) groups excluding carboxylic acids is 2. The third-order valence-electron chi connectivity index (χ3n) is 1.85. The topological polar surface area (TPSA) is 43.4 Å². The van der Waals surface area contributed by atoms with E-state index in [2.05, 4.69) is 36.6 Å². The van der Waals surface area contributed by atoms with Gasteiger partial charge in [0, 0.05) is 7.11 Å². The molecule has 0 radical (unpaired) electrons. The third-order valence-corrected chi connectivity index (χ3v) is 5.17. The summed E-state index contributed by atoms with van der Waals surface area (Å²) in [5.41, 5.74) is 1.03. The van der Waals surface area contributed by atoms with Gasteiger partial charge in [0.15, 0.2) is 0 Å². The first-order chi connectivity index (χ1) is 8.90. The van der Waals surface area contributed by atoms with Crippen LogP contribution in [0.1, 0.15) is 10.4 Å². The zero-order valence-electron chi connectivity index (χ0n) is 9.99. The molecule has 0 heterocycles. The minimum atomic E-state index is -0.461. The van der Waals surface area contributed by atoms with E-state index in [1.165, 1.54) is 7.11 Å². The molecule has 0 saturated heterocycles. The Hall–Kier alpha value is 0.0600. The zero-order chi connectivity index (χ0) is 14.8. The first-order valence-electron chi connectivity index (χ1n) is 5.09. The monoisotopic (exact) mass is 432 g/mol. The van der Waals surface area contributed by atoms with Crippen LogP contribution in [-0.4, -0.2) is 29.0 Å². The Morgan fingerprint density at radius 2 is 1.74 bits per heavy atom. The van der Waals surface area contributed by atoms with Crippen LogP contribution in [0.5, 0.6) is 0 Å². The summed E-state index contributed by atoms with van der Waals surface area (Å²) in [6.07, 6.45) is 0. The highest BCUT2D eigenvalue weighted by atomic mass is 79.9. The number of hydrogen-bond acceptors (Lipinski definition) is 3. The van der Waals surface area contributed by atoms with E-state index >= 15 is 0 Å². The highest BCUT2D eigenvalue weighted by Gasteiger charge is 2.22. The van der Waals surface area contributed by atoms with Crippen LogP contribution >= 0.6 is 55.1 Å². The van der Waals surface area contributed by atoms with E-state index in [1.54, 1.807) is 0 Å². The van der Waals surface area contributed by atoms with Gasteiger partial charge in [-0.15, -0.1) is 0 Å². The van der Waals surface area contributed by atoms with Crippen LogP contribution in [-0.2, 0) is 14.3 Å². The van der Waals surface area contributed by atoms with Crippen LogP contribution in [0.3, 0.4) is 0 Å². The van der Waals surface area contributed by atoms with Gasteiger partial charge in [-0.3, -0.25) is 9.59 Å². The van der Waals surface area contributed by atoms with Crippen LogP contribution < -0.4 is 0 Å². The molecule has 106 valence electrons. The van der Waals surface area contributed by atoms with Gasteiger partial charge in [0.05, 0.1) is 4.83 Å². The summed E-state index contributed by atoms with van der Waals surface area (Å²) in [5.74, 6) is 0. The van der Waals surface area contributed by atoms with Crippen LogP contribution in [0.2, 0.25) is 0 Å². The van der Waals surface area contributed by atoms with Crippen molar-refractivity contribution in [2.75, 3.05) is 13.7 Å². The maximum absolute atomic E-state index is 10.8. The number of methoxy groups -OCH3 is 1. The molecule has 19 heavy (non-hydrogen) atoms. The molecule has 0 bridgehead atoms. The van der Waals surface area contributed by atoms with Crippen molar-refractivity contribution in [2.24, 2.45) is 0 Å². The normalized spacial score (nSPS) is 12.9. The van der Waals surface area contributed by atoms with E-state index in [9.17, 15) is 9.59 Å². The van der Waals surface area contributed by atoms with Gasteiger partial charge < -0.3 is 4.74 Å². The zero-order valence-corrected chi connectivity index (χ0v) is 14.7. The van der Waals surface area contributed by atoms with Gasteiger partial charge in [-0.1, -0.05) is 62.2 Å². The standard InChI is InChI=1S/C9H7Br2ClO.C3H5ClO2/c10-7(8(11)9(12)13)6-4-2-1-3-5-6;1-6-2-3(4)5/h1-5,7-8H;2H2,1H3. The fourth-order valence-electron chi connectivity index (χ4n) is 1.03. The van der Waals surface area contributed by atoms with E-state index in [-0.39, 0.29) is 11.4 Å². The van der Waals surface area contributed by atoms with Crippen LogP contribution in [0, 0.1) is 0 Å². The lowest BCUT2D eigenvalue weighted by Crippen LogP contribution is -2.13. The Bertz CT molecular complexity index is 401.